The summed E-state index contributed by atoms with van der Waals surface area (Å²) < 4.78 is 10.4. The summed E-state index contributed by atoms with van der Waals surface area (Å²) in [5.74, 6) is -0.932. The summed E-state index contributed by atoms with van der Waals surface area (Å²) in [4.78, 5) is 23.6. The molecule has 0 heterocycles. The molecule has 0 saturated carbocycles. The van der Waals surface area contributed by atoms with Gasteiger partial charge in [0.1, 0.15) is 0 Å². The molecule has 256 valence electrons. The first-order chi connectivity index (χ1) is 21.7. The molecule has 0 radical (unpaired) electrons. The predicted molar refractivity (Wildman–Crippen MR) is 190 cm³/mol. The largest absolute Gasteiger partial charge is 0.463 e. The Morgan fingerprint density at radius 2 is 0.614 bits per heavy atom. The van der Waals surface area contributed by atoms with E-state index in [1.807, 2.05) is 0 Å². The highest BCUT2D eigenvalue weighted by atomic mass is 16.5. The second-order valence-electron chi connectivity index (χ2n) is 12.5. The Morgan fingerprint density at radius 1 is 0.364 bits per heavy atom. The Balaban J connectivity index is 3.40. The molecule has 0 N–H and O–H groups in total. The molecule has 0 amide bonds. The van der Waals surface area contributed by atoms with Gasteiger partial charge in [-0.3, -0.25) is 0 Å². The SMILES string of the molecule is CCCCCCCC/C=C/CCCCCCCCOC(=O)/C=C\C(=O)OCCCCCCCC/C=C/CCCCCCCC. The second-order valence-corrected chi connectivity index (χ2v) is 12.5. The fourth-order valence-corrected chi connectivity index (χ4v) is 5.28. The number of hydrogen-bond donors (Lipinski definition) is 0. The Labute approximate surface area is 273 Å². The summed E-state index contributed by atoms with van der Waals surface area (Å²) in [5.41, 5.74) is 0. The van der Waals surface area contributed by atoms with Gasteiger partial charge in [-0.05, 0) is 64.2 Å². The molecule has 0 spiro atoms. The van der Waals surface area contributed by atoms with Crippen LogP contribution in [0.3, 0.4) is 0 Å². The van der Waals surface area contributed by atoms with Crippen LogP contribution in [0.5, 0.6) is 0 Å². The number of carbonyl (C=O) groups excluding carboxylic acids is 2. The van der Waals surface area contributed by atoms with Crippen LogP contribution in [0.15, 0.2) is 36.5 Å². The van der Waals surface area contributed by atoms with Gasteiger partial charge >= 0.3 is 11.9 Å². The van der Waals surface area contributed by atoms with Crippen molar-refractivity contribution in [3.8, 4) is 0 Å². The highest BCUT2D eigenvalue weighted by Gasteiger charge is 2.02. The summed E-state index contributed by atoms with van der Waals surface area (Å²) in [6.45, 7) is 5.36. The van der Waals surface area contributed by atoms with Gasteiger partial charge in [-0.15, -0.1) is 0 Å². The number of ether oxygens (including phenoxy) is 2. The monoisotopic (exact) mass is 617 g/mol. The van der Waals surface area contributed by atoms with Crippen molar-refractivity contribution in [1.29, 1.82) is 0 Å². The van der Waals surface area contributed by atoms with Gasteiger partial charge in [0.05, 0.1) is 13.2 Å². The molecule has 0 aromatic carbocycles. The fourth-order valence-electron chi connectivity index (χ4n) is 5.28. The van der Waals surface area contributed by atoms with E-state index >= 15 is 0 Å². The molecule has 0 unspecified atom stereocenters. The Hall–Kier alpha value is -1.84. The standard InChI is InChI=1S/C40H72O4/c1-3-5-7-9-11-13-15-17-19-21-23-25-27-29-31-33-37-43-39(41)35-36-40(42)44-38-34-32-30-28-26-24-22-20-18-16-14-12-10-8-6-4-2/h17-20,35-36H,3-16,21-34,37-38H2,1-2H3/b19-17+,20-18+,36-35-. The van der Waals surface area contributed by atoms with E-state index in [9.17, 15) is 9.59 Å². The lowest BCUT2D eigenvalue weighted by molar-refractivity contribution is -0.140. The Kier molecular flexibility index (Phi) is 35.8. The molecule has 44 heavy (non-hydrogen) atoms. The normalized spacial score (nSPS) is 11.8. The highest BCUT2D eigenvalue weighted by Crippen LogP contribution is 2.11. The van der Waals surface area contributed by atoms with Gasteiger partial charge < -0.3 is 9.47 Å². The lowest BCUT2D eigenvalue weighted by atomic mass is 10.1. The van der Waals surface area contributed by atoms with Crippen molar-refractivity contribution in [3.05, 3.63) is 36.5 Å². The van der Waals surface area contributed by atoms with Crippen molar-refractivity contribution >= 4 is 11.9 Å². The van der Waals surface area contributed by atoms with Crippen LogP contribution in [0.2, 0.25) is 0 Å². The van der Waals surface area contributed by atoms with Gasteiger partial charge in [-0.2, -0.15) is 0 Å². The maximum Gasteiger partial charge on any atom is 0.331 e. The smallest absolute Gasteiger partial charge is 0.331 e. The zero-order chi connectivity index (χ0) is 32.0. The third kappa shape index (κ3) is 36.4. The molecule has 0 aliphatic carbocycles. The summed E-state index contributed by atoms with van der Waals surface area (Å²) >= 11 is 0. The molecule has 0 aliphatic heterocycles. The third-order valence-corrected chi connectivity index (χ3v) is 8.16. The summed E-state index contributed by atoms with van der Waals surface area (Å²) in [5, 5.41) is 0. The minimum absolute atomic E-state index is 0.412. The number of carbonyl (C=O) groups is 2. The number of allylic oxidation sites excluding steroid dienone is 4. The van der Waals surface area contributed by atoms with E-state index in [0.29, 0.717) is 13.2 Å². The maximum absolute atomic E-state index is 11.8. The topological polar surface area (TPSA) is 52.6 Å². The maximum atomic E-state index is 11.8. The average molecular weight is 617 g/mol. The van der Waals surface area contributed by atoms with Crippen molar-refractivity contribution in [1.82, 2.24) is 0 Å². The minimum Gasteiger partial charge on any atom is -0.463 e. The molecule has 0 saturated heterocycles. The van der Waals surface area contributed by atoms with E-state index < -0.39 is 11.9 Å². The molecule has 0 aromatic rings. The van der Waals surface area contributed by atoms with Crippen molar-refractivity contribution in [2.24, 2.45) is 0 Å². The van der Waals surface area contributed by atoms with Crippen molar-refractivity contribution < 1.29 is 19.1 Å². The van der Waals surface area contributed by atoms with Gasteiger partial charge in [0.2, 0.25) is 0 Å². The highest BCUT2D eigenvalue weighted by molar-refractivity contribution is 5.91. The lowest BCUT2D eigenvalue weighted by Gasteiger charge is -2.03. The molecule has 0 bridgehead atoms. The van der Waals surface area contributed by atoms with Crippen LogP contribution in [-0.4, -0.2) is 25.2 Å². The summed E-state index contributed by atoms with van der Waals surface area (Å²) in [7, 11) is 0. The number of esters is 2. The van der Waals surface area contributed by atoms with Crippen LogP contribution >= 0.6 is 0 Å². The Bertz CT molecular complexity index is 635. The van der Waals surface area contributed by atoms with Crippen molar-refractivity contribution in [2.75, 3.05) is 13.2 Å². The molecule has 0 atom stereocenters. The quantitative estimate of drug-likeness (QED) is 0.0312. The van der Waals surface area contributed by atoms with E-state index in [-0.39, 0.29) is 0 Å². The van der Waals surface area contributed by atoms with Crippen molar-refractivity contribution in [2.45, 2.75) is 194 Å². The molecule has 0 rings (SSSR count). The Morgan fingerprint density at radius 3 is 0.909 bits per heavy atom. The molecule has 4 nitrogen and oxygen atoms in total. The number of unbranched alkanes of at least 4 members (excludes halogenated alkanes) is 24. The van der Waals surface area contributed by atoms with Crippen LogP contribution < -0.4 is 0 Å². The van der Waals surface area contributed by atoms with Crippen LogP contribution in [0.1, 0.15) is 194 Å². The summed E-state index contributed by atoms with van der Waals surface area (Å²) in [6.07, 6.45) is 46.9. The van der Waals surface area contributed by atoms with Gasteiger partial charge in [0.15, 0.2) is 0 Å². The first-order valence-electron chi connectivity index (χ1n) is 19.0. The zero-order valence-electron chi connectivity index (χ0n) is 29.3. The summed E-state index contributed by atoms with van der Waals surface area (Å²) in [6, 6.07) is 0. The minimum atomic E-state index is -0.466. The first-order valence-corrected chi connectivity index (χ1v) is 19.0. The lowest BCUT2D eigenvalue weighted by Crippen LogP contribution is -2.06. The number of rotatable bonds is 34. The van der Waals surface area contributed by atoms with Gasteiger partial charge in [-0.1, -0.05) is 154 Å². The van der Waals surface area contributed by atoms with Crippen molar-refractivity contribution in [3.63, 3.8) is 0 Å². The first kappa shape index (κ1) is 42.2. The van der Waals surface area contributed by atoms with E-state index in [1.54, 1.807) is 0 Å². The van der Waals surface area contributed by atoms with Gasteiger partial charge in [-0.25, -0.2) is 9.59 Å². The van der Waals surface area contributed by atoms with Crippen LogP contribution in [0, 0.1) is 0 Å². The number of hydrogen-bond acceptors (Lipinski definition) is 4. The van der Waals surface area contributed by atoms with Crippen LogP contribution in [0.25, 0.3) is 0 Å². The molecular formula is C40H72O4. The second kappa shape index (κ2) is 37.3. The molecular weight excluding hydrogens is 544 g/mol. The average Bonchev–Trinajstić information content (AvgIpc) is 3.03. The molecule has 0 fully saturated rings. The van der Waals surface area contributed by atoms with Gasteiger partial charge in [0.25, 0.3) is 0 Å². The van der Waals surface area contributed by atoms with E-state index in [0.717, 1.165) is 25.7 Å². The van der Waals surface area contributed by atoms with Gasteiger partial charge in [0, 0.05) is 12.2 Å². The molecule has 0 aliphatic rings. The predicted octanol–water partition coefficient (Wildman–Crippen LogP) is 12.7. The molecule has 4 heteroatoms. The van der Waals surface area contributed by atoms with Crippen LogP contribution in [-0.2, 0) is 19.1 Å². The third-order valence-electron chi connectivity index (χ3n) is 8.16. The zero-order valence-corrected chi connectivity index (χ0v) is 29.3. The van der Waals surface area contributed by atoms with Crippen LogP contribution in [0.4, 0.5) is 0 Å². The fraction of sp³-hybridized carbons (Fsp3) is 0.800. The van der Waals surface area contributed by atoms with E-state index in [2.05, 4.69) is 38.2 Å². The van der Waals surface area contributed by atoms with E-state index in [4.69, 9.17) is 9.47 Å². The van der Waals surface area contributed by atoms with E-state index in [1.165, 1.54) is 166 Å². The molecule has 0 aromatic heterocycles.